The Morgan fingerprint density at radius 2 is 0.700 bits per heavy atom. The van der Waals surface area contributed by atoms with Crippen molar-refractivity contribution in [1.29, 1.82) is 0 Å². The highest BCUT2D eigenvalue weighted by molar-refractivity contribution is 5.61. The first-order valence-electron chi connectivity index (χ1n) is 10.6. The van der Waals surface area contributed by atoms with Crippen LogP contribution in [-0.4, -0.2) is 0 Å². The van der Waals surface area contributed by atoms with Crippen LogP contribution in [0, 0.1) is 0 Å². The predicted molar refractivity (Wildman–Crippen MR) is 116 cm³/mol. The van der Waals surface area contributed by atoms with Gasteiger partial charge in [0.15, 0.2) is 49.6 Å². The molecule has 0 saturated carbocycles. The summed E-state index contributed by atoms with van der Waals surface area (Å²) in [7, 11) is 4.08. The van der Waals surface area contributed by atoms with Crippen LogP contribution in [-0.2, 0) is 27.2 Å². The molecular weight excluding hydrogens is 368 g/mol. The Bertz CT molecular complexity index is 977. The van der Waals surface area contributed by atoms with E-state index in [0.29, 0.717) is 0 Å². The van der Waals surface area contributed by atoms with E-state index in [1.54, 1.807) is 0 Å². The van der Waals surface area contributed by atoms with Gasteiger partial charge in [-0.25, -0.2) is 18.3 Å². The van der Waals surface area contributed by atoms with Crippen LogP contribution in [0.2, 0.25) is 0 Å². The molecule has 0 atom stereocenters. The van der Waals surface area contributed by atoms with E-state index in [2.05, 4.69) is 116 Å². The number of hydrogen-bond donors (Lipinski definition) is 0. The summed E-state index contributed by atoms with van der Waals surface area (Å²) in [6.07, 6.45) is 19.4. The van der Waals surface area contributed by atoms with Gasteiger partial charge in [0, 0.05) is 61.4 Å². The topological polar surface area (TPSA) is 15.5 Å². The molecule has 0 unspecified atom stereocenters. The lowest BCUT2D eigenvalue weighted by molar-refractivity contribution is -0.708. The van der Waals surface area contributed by atoms with Gasteiger partial charge in [0.25, 0.3) is 0 Å². The van der Waals surface area contributed by atoms with Crippen LogP contribution < -0.4 is 18.3 Å². The minimum absolute atomic E-state index is 1.05. The molecule has 0 aliphatic heterocycles. The van der Waals surface area contributed by atoms with Crippen molar-refractivity contribution in [2.45, 2.75) is 25.9 Å². The lowest BCUT2D eigenvalue weighted by Gasteiger charge is -2.02. The fourth-order valence-corrected chi connectivity index (χ4v) is 3.57. The van der Waals surface area contributed by atoms with E-state index in [9.17, 15) is 0 Å². The van der Waals surface area contributed by atoms with Crippen molar-refractivity contribution in [3.8, 4) is 22.3 Å². The highest BCUT2D eigenvalue weighted by Gasteiger charge is 2.07. The van der Waals surface area contributed by atoms with E-state index in [0.717, 1.165) is 25.9 Å². The normalized spacial score (nSPS) is 10.9. The number of aromatic nitrogens is 4. The van der Waals surface area contributed by atoms with Gasteiger partial charge < -0.3 is 0 Å². The van der Waals surface area contributed by atoms with Crippen LogP contribution in [0.15, 0.2) is 98.1 Å². The number of rotatable bonds is 7. The van der Waals surface area contributed by atoms with Crippen molar-refractivity contribution in [3.05, 3.63) is 98.1 Å². The summed E-state index contributed by atoms with van der Waals surface area (Å²) in [6, 6.07) is 17.4. The first-order valence-corrected chi connectivity index (χ1v) is 10.6. The maximum absolute atomic E-state index is 2.27. The molecule has 0 N–H and O–H groups in total. The van der Waals surface area contributed by atoms with E-state index in [1.807, 2.05) is 14.1 Å². The maximum atomic E-state index is 2.27. The van der Waals surface area contributed by atoms with Gasteiger partial charge in [-0.15, -0.1) is 0 Å². The number of nitrogens with zero attached hydrogens (tertiary/aromatic N) is 4. The Labute approximate surface area is 179 Å². The zero-order chi connectivity index (χ0) is 20.8. The molecule has 4 aromatic heterocycles. The third-order valence-electron chi connectivity index (χ3n) is 5.49. The average Bonchev–Trinajstić information content (AvgIpc) is 2.79. The molecule has 4 nitrogen and oxygen atoms in total. The van der Waals surface area contributed by atoms with Gasteiger partial charge in [0.2, 0.25) is 0 Å². The first kappa shape index (κ1) is 19.9. The number of hydrogen-bond acceptors (Lipinski definition) is 0. The molecule has 0 amide bonds. The zero-order valence-electron chi connectivity index (χ0n) is 17.9. The molecule has 0 spiro atoms. The second-order valence-corrected chi connectivity index (χ2v) is 7.86. The Kier molecular flexibility index (Phi) is 6.23. The second-order valence-electron chi connectivity index (χ2n) is 7.86. The summed E-state index contributed by atoms with van der Waals surface area (Å²) < 4.78 is 8.66. The lowest BCUT2D eigenvalue weighted by atomic mass is 10.1. The molecule has 0 aromatic carbocycles. The van der Waals surface area contributed by atoms with Gasteiger partial charge in [-0.2, -0.15) is 0 Å². The highest BCUT2D eigenvalue weighted by Crippen LogP contribution is 2.16. The fourth-order valence-electron chi connectivity index (χ4n) is 3.57. The number of pyridine rings is 4. The van der Waals surface area contributed by atoms with E-state index in [-0.39, 0.29) is 0 Å². The third-order valence-corrected chi connectivity index (χ3v) is 5.49. The van der Waals surface area contributed by atoms with E-state index in [4.69, 9.17) is 0 Å². The molecule has 4 heterocycles. The van der Waals surface area contributed by atoms with Gasteiger partial charge in [0.1, 0.15) is 27.2 Å². The average molecular weight is 399 g/mol. The highest BCUT2D eigenvalue weighted by atomic mass is 14.9. The minimum Gasteiger partial charge on any atom is -0.208 e. The Hall–Kier alpha value is -3.40. The molecule has 0 bridgehead atoms. The molecule has 4 heteroatoms. The van der Waals surface area contributed by atoms with E-state index in [1.165, 1.54) is 22.3 Å². The van der Waals surface area contributed by atoms with Crippen molar-refractivity contribution >= 4 is 0 Å². The van der Waals surface area contributed by atoms with Crippen molar-refractivity contribution in [2.24, 2.45) is 14.1 Å². The number of aryl methyl sites for hydroxylation is 4. The largest absolute Gasteiger partial charge is 0.208 e. The van der Waals surface area contributed by atoms with Crippen LogP contribution in [0.1, 0.15) is 12.8 Å². The predicted octanol–water partition coefficient (Wildman–Crippen LogP) is 2.73. The van der Waals surface area contributed by atoms with E-state index >= 15 is 0 Å². The summed E-state index contributed by atoms with van der Waals surface area (Å²) in [6.45, 7) is 2.09. The van der Waals surface area contributed by atoms with Crippen LogP contribution >= 0.6 is 0 Å². The Morgan fingerprint density at radius 3 is 1.00 bits per heavy atom. The zero-order valence-corrected chi connectivity index (χ0v) is 17.9. The molecule has 0 radical (unpaired) electrons. The SMILES string of the molecule is C[n+]1ccc(-c2cc[n+](CCCC[n+]3ccc(-c4cc[n+](C)cc4)cc3)cc2)cc1. The second kappa shape index (κ2) is 9.40. The quantitative estimate of drug-likeness (QED) is 0.336. The molecule has 0 saturated heterocycles. The standard InChI is InChI=1S/C26H30N4/c1-27-15-5-23(6-16-27)25-9-19-29(20-10-25)13-3-4-14-30-21-11-26(12-22-30)24-7-17-28(2)18-8-24/h5-12,15-22H,3-4,13-14H2,1-2H3/q+4. The lowest BCUT2D eigenvalue weighted by Crippen LogP contribution is -2.35. The summed E-state index contributed by atoms with van der Waals surface area (Å²) in [5, 5.41) is 0. The molecular formula is C26H30N4+4. The summed E-state index contributed by atoms with van der Waals surface area (Å²) in [4.78, 5) is 0. The molecule has 0 aliphatic carbocycles. The summed E-state index contributed by atoms with van der Waals surface area (Å²) in [5.41, 5.74) is 5.03. The maximum Gasteiger partial charge on any atom is 0.169 e. The van der Waals surface area contributed by atoms with Crippen LogP contribution in [0.3, 0.4) is 0 Å². The Balaban J connectivity index is 1.25. The molecule has 0 aliphatic rings. The molecule has 4 rings (SSSR count). The smallest absolute Gasteiger partial charge is 0.169 e. The third kappa shape index (κ3) is 5.15. The van der Waals surface area contributed by atoms with Crippen molar-refractivity contribution in [2.75, 3.05) is 0 Å². The van der Waals surface area contributed by atoms with Crippen molar-refractivity contribution in [1.82, 2.24) is 0 Å². The summed E-state index contributed by atoms with van der Waals surface area (Å²) in [5.74, 6) is 0. The van der Waals surface area contributed by atoms with Gasteiger partial charge in [-0.3, -0.25) is 0 Å². The van der Waals surface area contributed by atoms with Crippen molar-refractivity contribution in [3.63, 3.8) is 0 Å². The minimum atomic E-state index is 1.05. The van der Waals surface area contributed by atoms with E-state index < -0.39 is 0 Å². The monoisotopic (exact) mass is 398 g/mol. The van der Waals surface area contributed by atoms with Crippen LogP contribution in [0.4, 0.5) is 0 Å². The number of unbranched alkanes of at least 4 members (excludes halogenated alkanes) is 1. The van der Waals surface area contributed by atoms with Gasteiger partial charge in [-0.1, -0.05) is 0 Å². The van der Waals surface area contributed by atoms with Gasteiger partial charge >= 0.3 is 0 Å². The van der Waals surface area contributed by atoms with Gasteiger partial charge in [0.05, 0.1) is 0 Å². The molecule has 0 fully saturated rings. The fraction of sp³-hybridized carbons (Fsp3) is 0.231. The van der Waals surface area contributed by atoms with Crippen LogP contribution in [0.5, 0.6) is 0 Å². The molecule has 4 aromatic rings. The summed E-state index contributed by atoms with van der Waals surface area (Å²) >= 11 is 0. The molecule has 150 valence electrons. The first-order chi connectivity index (χ1) is 14.7. The van der Waals surface area contributed by atoms with Crippen LogP contribution in [0.25, 0.3) is 22.3 Å². The molecule has 30 heavy (non-hydrogen) atoms. The van der Waals surface area contributed by atoms with Gasteiger partial charge in [-0.05, 0) is 22.3 Å². The van der Waals surface area contributed by atoms with Crippen molar-refractivity contribution < 1.29 is 18.3 Å². The Morgan fingerprint density at radius 1 is 0.433 bits per heavy atom.